The average Bonchev–Trinajstić information content (AvgIpc) is 2.67. The van der Waals surface area contributed by atoms with Crippen LogP contribution in [0.1, 0.15) is 48.5 Å². The number of rotatable bonds is 10. The van der Waals surface area contributed by atoms with Crippen LogP contribution in [0.15, 0.2) is 42.5 Å². The zero-order chi connectivity index (χ0) is 19.6. The standard InChI is InChI=1S/C22H27NO4/c1-4-5-14-27-18-9-7-17(8-10-18)23-22(25)13-11-20(24)19-15-16(2)6-12-21(19)26-3/h6-10,12,15H,4-5,11,13-14H2,1-3H3,(H,23,25). The molecule has 0 radical (unpaired) electrons. The zero-order valence-corrected chi connectivity index (χ0v) is 16.2. The maximum atomic E-state index is 12.4. The number of anilines is 1. The Morgan fingerprint density at radius 2 is 1.78 bits per heavy atom. The van der Waals surface area contributed by atoms with E-state index in [0.29, 0.717) is 23.6 Å². The molecule has 0 fully saturated rings. The summed E-state index contributed by atoms with van der Waals surface area (Å²) < 4.78 is 10.8. The van der Waals surface area contributed by atoms with Gasteiger partial charge in [0.1, 0.15) is 11.5 Å². The van der Waals surface area contributed by atoms with E-state index in [-0.39, 0.29) is 24.5 Å². The summed E-state index contributed by atoms with van der Waals surface area (Å²) in [6, 6.07) is 12.7. The van der Waals surface area contributed by atoms with Crippen molar-refractivity contribution in [2.75, 3.05) is 19.0 Å². The van der Waals surface area contributed by atoms with E-state index in [1.807, 2.05) is 25.1 Å². The molecule has 27 heavy (non-hydrogen) atoms. The topological polar surface area (TPSA) is 64.6 Å². The molecule has 2 aromatic carbocycles. The molecule has 0 saturated heterocycles. The van der Waals surface area contributed by atoms with Gasteiger partial charge >= 0.3 is 0 Å². The van der Waals surface area contributed by atoms with Crippen molar-refractivity contribution >= 4 is 17.4 Å². The lowest BCUT2D eigenvalue weighted by molar-refractivity contribution is -0.116. The summed E-state index contributed by atoms with van der Waals surface area (Å²) in [5.41, 5.74) is 2.17. The maximum absolute atomic E-state index is 12.4. The Bertz CT molecular complexity index is 768. The van der Waals surface area contributed by atoms with Gasteiger partial charge in [-0.3, -0.25) is 9.59 Å². The molecule has 1 amide bonds. The van der Waals surface area contributed by atoms with Crippen LogP contribution in [0.3, 0.4) is 0 Å². The number of Topliss-reactive ketones (excluding diaryl/α,β-unsaturated/α-hetero) is 1. The summed E-state index contributed by atoms with van der Waals surface area (Å²) in [6.45, 7) is 4.72. The summed E-state index contributed by atoms with van der Waals surface area (Å²) >= 11 is 0. The Balaban J connectivity index is 1.85. The van der Waals surface area contributed by atoms with Crippen LogP contribution in [0.2, 0.25) is 0 Å². The van der Waals surface area contributed by atoms with Crippen molar-refractivity contribution in [2.45, 2.75) is 39.5 Å². The van der Waals surface area contributed by atoms with E-state index in [0.717, 1.165) is 24.2 Å². The van der Waals surface area contributed by atoms with Crippen LogP contribution >= 0.6 is 0 Å². The SMILES string of the molecule is CCCCOc1ccc(NC(=O)CCC(=O)c2cc(C)ccc2OC)cc1. The second kappa shape index (κ2) is 10.4. The Kier molecular flexibility index (Phi) is 7.86. The molecule has 0 spiro atoms. The summed E-state index contributed by atoms with van der Waals surface area (Å²) in [4.78, 5) is 24.6. The lowest BCUT2D eigenvalue weighted by Crippen LogP contribution is -2.14. The molecule has 0 aliphatic rings. The first kappa shape index (κ1) is 20.5. The zero-order valence-electron chi connectivity index (χ0n) is 16.2. The molecule has 1 N–H and O–H groups in total. The van der Waals surface area contributed by atoms with Crippen LogP contribution < -0.4 is 14.8 Å². The number of unbranched alkanes of at least 4 members (excludes halogenated alkanes) is 1. The van der Waals surface area contributed by atoms with E-state index in [1.54, 1.807) is 24.3 Å². The number of methoxy groups -OCH3 is 1. The van der Waals surface area contributed by atoms with Gasteiger partial charge in [0.2, 0.25) is 5.91 Å². The average molecular weight is 369 g/mol. The normalized spacial score (nSPS) is 10.3. The molecule has 0 aliphatic heterocycles. The monoisotopic (exact) mass is 369 g/mol. The molecule has 0 unspecified atom stereocenters. The highest BCUT2D eigenvalue weighted by Crippen LogP contribution is 2.22. The quantitative estimate of drug-likeness (QED) is 0.483. The number of hydrogen-bond acceptors (Lipinski definition) is 4. The lowest BCUT2D eigenvalue weighted by atomic mass is 10.0. The van der Waals surface area contributed by atoms with Gasteiger partial charge in [-0.1, -0.05) is 25.0 Å². The van der Waals surface area contributed by atoms with Crippen molar-refractivity contribution in [3.63, 3.8) is 0 Å². The number of ketones is 1. The minimum Gasteiger partial charge on any atom is -0.496 e. The highest BCUT2D eigenvalue weighted by atomic mass is 16.5. The molecule has 0 saturated carbocycles. The third-order valence-corrected chi connectivity index (χ3v) is 4.14. The smallest absolute Gasteiger partial charge is 0.224 e. The van der Waals surface area contributed by atoms with Gasteiger partial charge in [-0.2, -0.15) is 0 Å². The first-order valence-electron chi connectivity index (χ1n) is 9.24. The number of carbonyl (C=O) groups excluding carboxylic acids is 2. The summed E-state index contributed by atoms with van der Waals surface area (Å²) in [7, 11) is 1.53. The molecule has 0 heterocycles. The Labute approximate surface area is 160 Å². The highest BCUT2D eigenvalue weighted by Gasteiger charge is 2.14. The summed E-state index contributed by atoms with van der Waals surface area (Å²) in [5.74, 6) is 1.01. The molecular formula is C22H27NO4. The molecule has 0 aliphatic carbocycles. The van der Waals surface area contributed by atoms with Crippen molar-refractivity contribution < 1.29 is 19.1 Å². The van der Waals surface area contributed by atoms with Crippen LogP contribution in [-0.4, -0.2) is 25.4 Å². The lowest BCUT2D eigenvalue weighted by Gasteiger charge is -2.09. The van der Waals surface area contributed by atoms with Crippen LogP contribution in [-0.2, 0) is 4.79 Å². The van der Waals surface area contributed by atoms with Gasteiger partial charge in [-0.15, -0.1) is 0 Å². The van der Waals surface area contributed by atoms with Crippen molar-refractivity contribution in [3.8, 4) is 11.5 Å². The highest BCUT2D eigenvalue weighted by molar-refractivity contribution is 6.01. The van der Waals surface area contributed by atoms with Crippen molar-refractivity contribution in [1.29, 1.82) is 0 Å². The van der Waals surface area contributed by atoms with Crippen molar-refractivity contribution in [1.82, 2.24) is 0 Å². The van der Waals surface area contributed by atoms with Crippen LogP contribution in [0, 0.1) is 6.92 Å². The molecule has 0 atom stereocenters. The second-order valence-electron chi connectivity index (χ2n) is 6.40. The fourth-order valence-electron chi connectivity index (χ4n) is 2.59. The Morgan fingerprint density at radius 3 is 2.44 bits per heavy atom. The number of carbonyl (C=O) groups is 2. The van der Waals surface area contributed by atoms with E-state index < -0.39 is 0 Å². The molecule has 0 bridgehead atoms. The predicted molar refractivity (Wildman–Crippen MR) is 107 cm³/mol. The van der Waals surface area contributed by atoms with Gasteiger partial charge in [-0.25, -0.2) is 0 Å². The molecule has 5 nitrogen and oxygen atoms in total. The van der Waals surface area contributed by atoms with Crippen LogP contribution in [0.25, 0.3) is 0 Å². The third kappa shape index (κ3) is 6.44. The van der Waals surface area contributed by atoms with Gasteiger partial charge in [0.05, 0.1) is 19.3 Å². The number of amides is 1. The van der Waals surface area contributed by atoms with E-state index in [2.05, 4.69) is 12.2 Å². The molecule has 5 heteroatoms. The number of nitrogens with one attached hydrogen (secondary N) is 1. The van der Waals surface area contributed by atoms with Gasteiger partial charge in [0, 0.05) is 18.5 Å². The van der Waals surface area contributed by atoms with Crippen LogP contribution in [0.5, 0.6) is 11.5 Å². The fraction of sp³-hybridized carbons (Fsp3) is 0.364. The number of hydrogen-bond donors (Lipinski definition) is 1. The molecule has 2 rings (SSSR count). The third-order valence-electron chi connectivity index (χ3n) is 4.14. The largest absolute Gasteiger partial charge is 0.496 e. The number of ether oxygens (including phenoxy) is 2. The first-order valence-corrected chi connectivity index (χ1v) is 9.24. The predicted octanol–water partition coefficient (Wildman–Crippen LogP) is 4.78. The Hall–Kier alpha value is -2.82. The second-order valence-corrected chi connectivity index (χ2v) is 6.40. The minimum atomic E-state index is -0.199. The van der Waals surface area contributed by atoms with E-state index in [1.165, 1.54) is 7.11 Å². The van der Waals surface area contributed by atoms with Crippen molar-refractivity contribution in [3.05, 3.63) is 53.6 Å². The Morgan fingerprint density at radius 1 is 1.04 bits per heavy atom. The maximum Gasteiger partial charge on any atom is 0.224 e. The fourth-order valence-corrected chi connectivity index (χ4v) is 2.59. The van der Waals surface area contributed by atoms with Gasteiger partial charge in [-0.05, 0) is 49.7 Å². The van der Waals surface area contributed by atoms with E-state index in [9.17, 15) is 9.59 Å². The molecule has 0 aromatic heterocycles. The van der Waals surface area contributed by atoms with Crippen LogP contribution in [0.4, 0.5) is 5.69 Å². The van der Waals surface area contributed by atoms with Gasteiger partial charge in [0.15, 0.2) is 5.78 Å². The minimum absolute atomic E-state index is 0.106. The van der Waals surface area contributed by atoms with Gasteiger partial charge < -0.3 is 14.8 Å². The molecule has 144 valence electrons. The van der Waals surface area contributed by atoms with E-state index in [4.69, 9.17) is 9.47 Å². The molecule has 2 aromatic rings. The summed E-state index contributed by atoms with van der Waals surface area (Å²) in [6.07, 6.45) is 2.34. The summed E-state index contributed by atoms with van der Waals surface area (Å²) in [5, 5.41) is 2.81. The van der Waals surface area contributed by atoms with Crippen molar-refractivity contribution in [2.24, 2.45) is 0 Å². The van der Waals surface area contributed by atoms with Gasteiger partial charge in [0.25, 0.3) is 0 Å². The van der Waals surface area contributed by atoms with E-state index >= 15 is 0 Å². The molecular weight excluding hydrogens is 342 g/mol. The number of benzene rings is 2. The first-order chi connectivity index (χ1) is 13.0. The number of aryl methyl sites for hydroxylation is 1.